The van der Waals surface area contributed by atoms with E-state index in [1.54, 1.807) is 14.2 Å². The number of aromatic nitrogens is 2. The summed E-state index contributed by atoms with van der Waals surface area (Å²) in [5.41, 5.74) is 0. The van der Waals surface area contributed by atoms with E-state index in [1.807, 2.05) is 4.90 Å². The molecule has 0 saturated carbocycles. The van der Waals surface area contributed by atoms with E-state index in [0.717, 1.165) is 6.42 Å². The minimum Gasteiger partial charge on any atom is -0.395 e. The van der Waals surface area contributed by atoms with Crippen LogP contribution in [0.1, 0.15) is 6.42 Å². The number of aryl methyl sites for hydroxylation is 1. The molecule has 0 amide bonds. The third-order valence-corrected chi connectivity index (χ3v) is 5.13. The van der Waals surface area contributed by atoms with E-state index in [-0.39, 0.29) is 30.2 Å². The molecule has 1 aromatic heterocycles. The van der Waals surface area contributed by atoms with Crippen molar-refractivity contribution in [3.8, 4) is 0 Å². The molecule has 1 fully saturated rings. The Labute approximate surface area is 124 Å². The van der Waals surface area contributed by atoms with Crippen LogP contribution in [0.3, 0.4) is 0 Å². The minimum atomic E-state index is -3.53. The smallest absolute Gasteiger partial charge is 0.243 e. The zero-order chi connectivity index (χ0) is 15.5. The molecule has 0 radical (unpaired) electrons. The van der Waals surface area contributed by atoms with Crippen LogP contribution in [0.25, 0.3) is 0 Å². The summed E-state index contributed by atoms with van der Waals surface area (Å²) in [5.74, 6) is 0. The number of nitrogens with one attached hydrogen (secondary N) is 1. The van der Waals surface area contributed by atoms with Crippen LogP contribution in [0.5, 0.6) is 0 Å². The van der Waals surface area contributed by atoms with Crippen molar-refractivity contribution >= 4 is 10.0 Å². The molecule has 0 aromatic carbocycles. The lowest BCUT2D eigenvalue weighted by molar-refractivity contribution is 0.108. The molecule has 1 aliphatic heterocycles. The summed E-state index contributed by atoms with van der Waals surface area (Å²) in [6.07, 6.45) is 3.63. The van der Waals surface area contributed by atoms with E-state index in [4.69, 9.17) is 4.74 Å². The van der Waals surface area contributed by atoms with Crippen molar-refractivity contribution in [1.29, 1.82) is 0 Å². The average Bonchev–Trinajstić information content (AvgIpc) is 3.05. The fraction of sp³-hybridized carbons (Fsp3) is 0.750. The van der Waals surface area contributed by atoms with Gasteiger partial charge in [0.25, 0.3) is 0 Å². The minimum absolute atomic E-state index is 0.0258. The first-order valence-electron chi connectivity index (χ1n) is 6.82. The molecular formula is C12H22N4O4S. The van der Waals surface area contributed by atoms with Gasteiger partial charge in [-0.05, 0) is 6.42 Å². The highest BCUT2D eigenvalue weighted by Gasteiger charge is 2.31. The Morgan fingerprint density at radius 3 is 2.90 bits per heavy atom. The highest BCUT2D eigenvalue weighted by atomic mass is 32.2. The molecular weight excluding hydrogens is 296 g/mol. The van der Waals surface area contributed by atoms with Gasteiger partial charge in [0.05, 0.1) is 18.9 Å². The van der Waals surface area contributed by atoms with Gasteiger partial charge >= 0.3 is 0 Å². The van der Waals surface area contributed by atoms with Gasteiger partial charge in [-0.2, -0.15) is 5.10 Å². The van der Waals surface area contributed by atoms with Gasteiger partial charge in [0, 0.05) is 46.0 Å². The third-order valence-electron chi connectivity index (χ3n) is 3.72. The lowest BCUT2D eigenvalue weighted by Crippen LogP contribution is -2.39. The average molecular weight is 318 g/mol. The molecule has 120 valence electrons. The fourth-order valence-corrected chi connectivity index (χ4v) is 3.52. The van der Waals surface area contributed by atoms with Gasteiger partial charge in [0.15, 0.2) is 0 Å². The van der Waals surface area contributed by atoms with Crippen molar-refractivity contribution in [1.82, 2.24) is 19.4 Å². The van der Waals surface area contributed by atoms with Crippen molar-refractivity contribution in [2.45, 2.75) is 23.5 Å². The molecule has 0 aliphatic carbocycles. The van der Waals surface area contributed by atoms with Gasteiger partial charge < -0.3 is 9.84 Å². The number of hydrogen-bond acceptors (Lipinski definition) is 6. The maximum Gasteiger partial charge on any atom is 0.243 e. The Balaban J connectivity index is 1.86. The van der Waals surface area contributed by atoms with Crippen LogP contribution in [0.4, 0.5) is 0 Å². The number of sulfonamides is 1. The highest BCUT2D eigenvalue weighted by Crippen LogP contribution is 2.18. The van der Waals surface area contributed by atoms with E-state index in [0.29, 0.717) is 13.1 Å². The van der Waals surface area contributed by atoms with Crippen molar-refractivity contribution < 1.29 is 18.3 Å². The summed E-state index contributed by atoms with van der Waals surface area (Å²) >= 11 is 0. The Hall–Kier alpha value is -1.00. The summed E-state index contributed by atoms with van der Waals surface area (Å²) in [6, 6.07) is 0.0258. The number of aliphatic hydroxyl groups excluding tert-OH is 1. The number of aliphatic hydroxyl groups is 1. The molecule has 0 unspecified atom stereocenters. The summed E-state index contributed by atoms with van der Waals surface area (Å²) in [7, 11) is -0.215. The summed E-state index contributed by atoms with van der Waals surface area (Å²) in [5, 5.41) is 13.2. The second kappa shape index (κ2) is 6.84. The van der Waals surface area contributed by atoms with Crippen molar-refractivity contribution in [3.63, 3.8) is 0 Å². The van der Waals surface area contributed by atoms with Crippen LogP contribution >= 0.6 is 0 Å². The van der Waals surface area contributed by atoms with Gasteiger partial charge in [-0.1, -0.05) is 0 Å². The molecule has 1 aliphatic rings. The standard InChI is InChI=1S/C12H22N4O4S/c1-15-8-12(6-13-15)21(18,19)14-3-4-16-7-11(20-2)5-10(16)9-17/h6,8,10-11,14,17H,3-5,7,9H2,1-2H3/t10-,11+/m0/s1. The number of likely N-dealkylation sites (tertiary alicyclic amines) is 1. The van der Waals surface area contributed by atoms with E-state index < -0.39 is 10.0 Å². The summed E-state index contributed by atoms with van der Waals surface area (Å²) in [4.78, 5) is 2.19. The predicted molar refractivity (Wildman–Crippen MR) is 76.3 cm³/mol. The number of rotatable bonds is 7. The van der Waals surface area contributed by atoms with Crippen LogP contribution in [0, 0.1) is 0 Å². The topological polar surface area (TPSA) is 96.7 Å². The first-order chi connectivity index (χ1) is 9.96. The largest absolute Gasteiger partial charge is 0.395 e. The highest BCUT2D eigenvalue weighted by molar-refractivity contribution is 7.89. The Kier molecular flexibility index (Phi) is 5.33. The van der Waals surface area contributed by atoms with Gasteiger partial charge in [0.2, 0.25) is 10.0 Å². The summed E-state index contributed by atoms with van der Waals surface area (Å²) < 4.78 is 33.4. The van der Waals surface area contributed by atoms with Crippen LogP contribution in [-0.2, 0) is 21.8 Å². The molecule has 2 atom stereocenters. The van der Waals surface area contributed by atoms with Crippen molar-refractivity contribution in [3.05, 3.63) is 12.4 Å². The normalized spacial score (nSPS) is 23.8. The van der Waals surface area contributed by atoms with Gasteiger partial charge in [-0.25, -0.2) is 13.1 Å². The molecule has 2 N–H and O–H groups in total. The van der Waals surface area contributed by atoms with Crippen molar-refractivity contribution in [2.75, 3.05) is 33.4 Å². The third kappa shape index (κ3) is 4.01. The van der Waals surface area contributed by atoms with E-state index >= 15 is 0 Å². The monoisotopic (exact) mass is 318 g/mol. The number of hydrogen-bond donors (Lipinski definition) is 2. The second-order valence-electron chi connectivity index (χ2n) is 5.17. The number of nitrogens with zero attached hydrogens (tertiary/aromatic N) is 3. The Morgan fingerprint density at radius 2 is 2.33 bits per heavy atom. The Morgan fingerprint density at radius 1 is 1.57 bits per heavy atom. The van der Waals surface area contributed by atoms with Crippen molar-refractivity contribution in [2.24, 2.45) is 7.05 Å². The van der Waals surface area contributed by atoms with Crippen LogP contribution < -0.4 is 4.72 Å². The zero-order valence-corrected chi connectivity index (χ0v) is 13.1. The molecule has 0 bridgehead atoms. The SMILES string of the molecule is CO[C@@H]1C[C@@H](CO)N(CCNS(=O)(=O)c2cnn(C)c2)C1. The van der Waals surface area contributed by atoms with E-state index in [9.17, 15) is 13.5 Å². The van der Waals surface area contributed by atoms with Crippen LogP contribution in [0.2, 0.25) is 0 Å². The molecule has 8 nitrogen and oxygen atoms in total. The predicted octanol–water partition coefficient (Wildman–Crippen LogP) is -1.22. The second-order valence-corrected chi connectivity index (χ2v) is 6.94. The first kappa shape index (κ1) is 16.4. The van der Waals surface area contributed by atoms with Gasteiger partial charge in [-0.3, -0.25) is 9.58 Å². The maximum atomic E-state index is 12.0. The lowest BCUT2D eigenvalue weighted by atomic mass is 10.2. The molecule has 0 spiro atoms. The first-order valence-corrected chi connectivity index (χ1v) is 8.30. The fourth-order valence-electron chi connectivity index (χ4n) is 2.52. The van der Waals surface area contributed by atoms with Crippen LogP contribution in [0.15, 0.2) is 17.3 Å². The van der Waals surface area contributed by atoms with Gasteiger partial charge in [-0.15, -0.1) is 0 Å². The van der Waals surface area contributed by atoms with Gasteiger partial charge in [0.1, 0.15) is 4.90 Å². The molecule has 2 rings (SSSR count). The number of ether oxygens (including phenoxy) is 1. The quantitative estimate of drug-likeness (QED) is 0.654. The number of methoxy groups -OCH3 is 1. The maximum absolute atomic E-state index is 12.0. The van der Waals surface area contributed by atoms with E-state index in [2.05, 4.69) is 9.82 Å². The zero-order valence-electron chi connectivity index (χ0n) is 12.3. The Bertz CT molecular complexity index is 559. The molecule has 2 heterocycles. The van der Waals surface area contributed by atoms with E-state index in [1.165, 1.54) is 17.1 Å². The van der Waals surface area contributed by atoms with Crippen LogP contribution in [-0.4, -0.2) is 73.7 Å². The molecule has 1 saturated heterocycles. The molecule has 9 heteroatoms. The molecule has 1 aromatic rings. The molecule has 21 heavy (non-hydrogen) atoms. The summed E-state index contributed by atoms with van der Waals surface area (Å²) in [6.45, 7) is 1.57. The lowest BCUT2D eigenvalue weighted by Gasteiger charge is -2.22.